The summed E-state index contributed by atoms with van der Waals surface area (Å²) in [5, 5.41) is 2.51. The van der Waals surface area contributed by atoms with Crippen molar-refractivity contribution in [1.29, 1.82) is 0 Å². The van der Waals surface area contributed by atoms with E-state index in [-0.39, 0.29) is 17.3 Å². The van der Waals surface area contributed by atoms with Crippen LogP contribution in [0.15, 0.2) is 30.4 Å². The molecule has 0 spiro atoms. The highest BCUT2D eigenvalue weighted by molar-refractivity contribution is 7.80. The van der Waals surface area contributed by atoms with E-state index in [4.69, 9.17) is 21.7 Å². The molecule has 2 amide bonds. The minimum Gasteiger partial charge on any atom is -0.490 e. The first-order valence-corrected chi connectivity index (χ1v) is 9.18. The molecule has 0 unspecified atom stereocenters. The number of amides is 2. The van der Waals surface area contributed by atoms with Crippen LogP contribution in [0.3, 0.4) is 0 Å². The van der Waals surface area contributed by atoms with Crippen LogP contribution >= 0.6 is 12.2 Å². The first-order chi connectivity index (χ1) is 13.8. The van der Waals surface area contributed by atoms with Crippen molar-refractivity contribution >= 4 is 41.2 Å². The quantitative estimate of drug-likeness (QED) is 0.225. The van der Waals surface area contributed by atoms with E-state index in [0.717, 1.165) is 0 Å². The summed E-state index contributed by atoms with van der Waals surface area (Å²) in [4.78, 5) is 37.3. The Balaban J connectivity index is 2.51. The molecule has 9 heteroatoms. The molecule has 0 radical (unpaired) electrons. The lowest BCUT2D eigenvalue weighted by Crippen LogP contribution is -2.52. The minimum absolute atomic E-state index is 0.0473. The van der Waals surface area contributed by atoms with Crippen molar-refractivity contribution in [3.8, 4) is 11.5 Å². The van der Waals surface area contributed by atoms with Crippen molar-refractivity contribution in [2.75, 3.05) is 27.4 Å². The van der Waals surface area contributed by atoms with Crippen LogP contribution in [0.1, 0.15) is 18.1 Å². The molecule has 1 heterocycles. The molecule has 0 aromatic heterocycles. The SMILES string of the molecule is C=CCc1cc(C=C2C(=O)NC(=S)N(C)C2=O)cc(OCC)c1OCC(=O)OC. The van der Waals surface area contributed by atoms with E-state index in [1.54, 1.807) is 25.1 Å². The summed E-state index contributed by atoms with van der Waals surface area (Å²) < 4.78 is 15.9. The predicted molar refractivity (Wildman–Crippen MR) is 111 cm³/mol. The van der Waals surface area contributed by atoms with Crippen LogP contribution < -0.4 is 14.8 Å². The number of likely N-dealkylation sites (N-methyl/N-ethyl adjacent to an activating group) is 1. The molecule has 0 saturated carbocycles. The normalized spacial score (nSPS) is 15.2. The third kappa shape index (κ3) is 5.20. The van der Waals surface area contributed by atoms with Gasteiger partial charge in [-0.25, -0.2) is 4.79 Å². The van der Waals surface area contributed by atoms with Crippen LogP contribution in [0.4, 0.5) is 0 Å². The first-order valence-electron chi connectivity index (χ1n) is 8.77. The standard InChI is InChI=1S/C20H22N2O6S/c1-5-7-13-8-12(9-14-18(24)21-20(29)22(3)19(14)25)10-15(27-6-2)17(13)28-11-16(23)26-4/h5,8-10H,1,6-7,11H2,2-4H3,(H,21,24,29). The van der Waals surface area contributed by atoms with Crippen molar-refractivity contribution < 1.29 is 28.6 Å². The third-order valence-electron chi connectivity index (χ3n) is 4.00. The van der Waals surface area contributed by atoms with Crippen LogP contribution in [-0.4, -0.2) is 55.2 Å². The molecule has 1 aromatic carbocycles. The van der Waals surface area contributed by atoms with Crippen LogP contribution in [0.25, 0.3) is 6.08 Å². The summed E-state index contributed by atoms with van der Waals surface area (Å²) in [5.41, 5.74) is 1.17. The smallest absolute Gasteiger partial charge is 0.343 e. The third-order valence-corrected chi connectivity index (χ3v) is 4.37. The highest BCUT2D eigenvalue weighted by Gasteiger charge is 2.31. The number of rotatable bonds is 8. The number of hydrogen-bond donors (Lipinski definition) is 1. The van der Waals surface area contributed by atoms with Gasteiger partial charge in [-0.1, -0.05) is 6.08 Å². The number of methoxy groups -OCH3 is 1. The molecule has 2 rings (SSSR count). The van der Waals surface area contributed by atoms with Crippen molar-refractivity contribution in [2.24, 2.45) is 0 Å². The second-order valence-electron chi connectivity index (χ2n) is 5.98. The summed E-state index contributed by atoms with van der Waals surface area (Å²) >= 11 is 4.95. The molecule has 0 bridgehead atoms. The molecule has 154 valence electrons. The monoisotopic (exact) mass is 418 g/mol. The Kier molecular flexibility index (Phi) is 7.49. The maximum absolute atomic E-state index is 12.4. The van der Waals surface area contributed by atoms with Crippen molar-refractivity contribution in [2.45, 2.75) is 13.3 Å². The van der Waals surface area contributed by atoms with E-state index in [1.807, 2.05) is 0 Å². The fourth-order valence-corrected chi connectivity index (χ4v) is 2.78. The fourth-order valence-electron chi connectivity index (χ4n) is 2.60. The zero-order valence-corrected chi connectivity index (χ0v) is 17.3. The van der Waals surface area contributed by atoms with Crippen LogP contribution in [0.2, 0.25) is 0 Å². The topological polar surface area (TPSA) is 94.2 Å². The van der Waals surface area contributed by atoms with Gasteiger partial charge >= 0.3 is 5.97 Å². The number of allylic oxidation sites excluding steroid dienone is 1. The number of carbonyl (C=O) groups is 3. The number of thiocarbonyl (C=S) groups is 1. The van der Waals surface area contributed by atoms with Gasteiger partial charge in [0.15, 0.2) is 23.2 Å². The molecule has 0 aliphatic carbocycles. The molecule has 1 saturated heterocycles. The number of carbonyl (C=O) groups excluding carboxylic acids is 3. The molecule has 0 atom stereocenters. The Bertz CT molecular complexity index is 893. The Labute approximate surface area is 174 Å². The lowest BCUT2D eigenvalue weighted by Gasteiger charge is -2.25. The summed E-state index contributed by atoms with van der Waals surface area (Å²) in [7, 11) is 2.75. The average Bonchev–Trinajstić information content (AvgIpc) is 2.69. The molecule has 1 N–H and O–H groups in total. The van der Waals surface area contributed by atoms with Gasteiger partial charge in [0.25, 0.3) is 11.8 Å². The molecule has 1 fully saturated rings. The van der Waals surface area contributed by atoms with E-state index >= 15 is 0 Å². The largest absolute Gasteiger partial charge is 0.490 e. The highest BCUT2D eigenvalue weighted by Crippen LogP contribution is 2.35. The Hall–Kier alpha value is -3.20. The number of hydrogen-bond acceptors (Lipinski definition) is 7. The zero-order chi connectivity index (χ0) is 21.6. The lowest BCUT2D eigenvalue weighted by molar-refractivity contribution is -0.143. The number of nitrogens with one attached hydrogen (secondary N) is 1. The predicted octanol–water partition coefficient (Wildman–Crippen LogP) is 1.62. The number of ether oxygens (including phenoxy) is 3. The van der Waals surface area contributed by atoms with E-state index in [1.165, 1.54) is 25.1 Å². The maximum atomic E-state index is 12.4. The van der Waals surface area contributed by atoms with Crippen LogP contribution in [0, 0.1) is 0 Å². The first kappa shape index (κ1) is 22.1. The van der Waals surface area contributed by atoms with Gasteiger partial charge in [-0.05, 0) is 49.3 Å². The second kappa shape index (κ2) is 9.83. The van der Waals surface area contributed by atoms with Gasteiger partial charge in [0, 0.05) is 12.6 Å². The summed E-state index contributed by atoms with van der Waals surface area (Å²) in [6, 6.07) is 3.36. The van der Waals surface area contributed by atoms with Gasteiger partial charge in [-0.3, -0.25) is 19.8 Å². The van der Waals surface area contributed by atoms with Gasteiger partial charge < -0.3 is 14.2 Å². The van der Waals surface area contributed by atoms with Gasteiger partial charge in [0.2, 0.25) is 0 Å². The van der Waals surface area contributed by atoms with Gasteiger partial charge in [-0.2, -0.15) is 0 Å². The molecule has 1 aromatic rings. The van der Waals surface area contributed by atoms with Gasteiger partial charge in [0.1, 0.15) is 5.57 Å². The molecule has 1 aliphatic rings. The van der Waals surface area contributed by atoms with Crippen LogP contribution in [0.5, 0.6) is 11.5 Å². The fraction of sp³-hybridized carbons (Fsp3) is 0.300. The number of esters is 1. The van der Waals surface area contributed by atoms with E-state index in [0.29, 0.717) is 35.7 Å². The van der Waals surface area contributed by atoms with Crippen molar-refractivity contribution in [3.05, 3.63) is 41.5 Å². The lowest BCUT2D eigenvalue weighted by atomic mass is 10.0. The zero-order valence-electron chi connectivity index (χ0n) is 16.4. The molecular formula is C20H22N2O6S. The van der Waals surface area contributed by atoms with Crippen LogP contribution in [-0.2, 0) is 25.5 Å². The van der Waals surface area contributed by atoms with Gasteiger partial charge in [0.05, 0.1) is 13.7 Å². The maximum Gasteiger partial charge on any atom is 0.343 e. The molecule has 1 aliphatic heterocycles. The summed E-state index contributed by atoms with van der Waals surface area (Å²) in [6.07, 6.45) is 3.53. The van der Waals surface area contributed by atoms with E-state index in [9.17, 15) is 14.4 Å². The Morgan fingerprint density at radius 1 is 1.31 bits per heavy atom. The van der Waals surface area contributed by atoms with Crippen molar-refractivity contribution in [3.63, 3.8) is 0 Å². The number of benzene rings is 1. The minimum atomic E-state index is -0.577. The Morgan fingerprint density at radius 2 is 2.03 bits per heavy atom. The summed E-state index contributed by atoms with van der Waals surface area (Å²) in [5.74, 6) is -0.876. The van der Waals surface area contributed by atoms with E-state index < -0.39 is 17.8 Å². The average molecular weight is 418 g/mol. The number of nitrogens with zero attached hydrogens (tertiary/aromatic N) is 1. The van der Waals surface area contributed by atoms with Crippen molar-refractivity contribution in [1.82, 2.24) is 10.2 Å². The molecular weight excluding hydrogens is 396 g/mol. The molecule has 29 heavy (non-hydrogen) atoms. The summed E-state index contributed by atoms with van der Waals surface area (Å²) in [6.45, 7) is 5.59. The van der Waals surface area contributed by atoms with E-state index in [2.05, 4.69) is 16.6 Å². The molecule has 8 nitrogen and oxygen atoms in total. The van der Waals surface area contributed by atoms with Gasteiger partial charge in [-0.15, -0.1) is 6.58 Å². The Morgan fingerprint density at radius 3 is 2.66 bits per heavy atom. The highest BCUT2D eigenvalue weighted by atomic mass is 32.1. The second-order valence-corrected chi connectivity index (χ2v) is 6.37.